The fourth-order valence-corrected chi connectivity index (χ4v) is 4.35. The number of thiophene rings is 1. The van der Waals surface area contributed by atoms with Crippen LogP contribution >= 0.6 is 11.3 Å². The highest BCUT2D eigenvalue weighted by atomic mass is 32.1. The largest absolute Gasteiger partial charge is 0.473 e. The third-order valence-corrected chi connectivity index (χ3v) is 6.42. The van der Waals surface area contributed by atoms with E-state index in [9.17, 15) is 0 Å². The molecule has 3 aromatic heterocycles. The van der Waals surface area contributed by atoms with Gasteiger partial charge in [0, 0.05) is 42.4 Å². The van der Waals surface area contributed by atoms with E-state index >= 15 is 0 Å². The van der Waals surface area contributed by atoms with Crippen LogP contribution in [0.4, 0.5) is 0 Å². The van der Waals surface area contributed by atoms with Crippen LogP contribution in [-0.2, 0) is 16.1 Å². The SMILES string of the molecule is CC(NCc1cn(-c2ccccc2)nc1-c1cccs1)c1ccc(-n2ccnc2)cc1.O=C(O)C(=O)O. The van der Waals surface area contributed by atoms with E-state index in [0.29, 0.717) is 0 Å². The number of nitrogens with zero attached hydrogens (tertiary/aromatic N) is 4. The third kappa shape index (κ3) is 6.57. The molecule has 0 fully saturated rings. The number of hydrogen-bond donors (Lipinski definition) is 3. The van der Waals surface area contributed by atoms with Crippen molar-refractivity contribution < 1.29 is 19.8 Å². The normalized spacial score (nSPS) is 11.4. The maximum atomic E-state index is 9.10. The molecule has 0 bridgehead atoms. The molecule has 9 nitrogen and oxygen atoms in total. The Morgan fingerprint density at radius 1 is 0.973 bits per heavy atom. The molecule has 188 valence electrons. The predicted octanol–water partition coefficient (Wildman–Crippen LogP) is 4.79. The Labute approximate surface area is 217 Å². The Balaban J connectivity index is 0.000000480. The molecule has 0 saturated carbocycles. The highest BCUT2D eigenvalue weighted by Gasteiger charge is 2.14. The lowest BCUT2D eigenvalue weighted by atomic mass is 10.1. The second-order valence-corrected chi connectivity index (χ2v) is 8.98. The summed E-state index contributed by atoms with van der Waals surface area (Å²) in [5.41, 5.74) is 5.64. The average molecular weight is 516 g/mol. The maximum absolute atomic E-state index is 9.10. The molecule has 0 aliphatic rings. The van der Waals surface area contributed by atoms with Gasteiger partial charge in [0.15, 0.2) is 0 Å². The van der Waals surface area contributed by atoms with Crippen LogP contribution in [0.5, 0.6) is 0 Å². The molecule has 0 amide bonds. The predicted molar refractivity (Wildman–Crippen MR) is 141 cm³/mol. The summed E-state index contributed by atoms with van der Waals surface area (Å²) < 4.78 is 3.98. The summed E-state index contributed by atoms with van der Waals surface area (Å²) in [6, 6.07) is 23.3. The van der Waals surface area contributed by atoms with Gasteiger partial charge in [-0.1, -0.05) is 36.4 Å². The number of hydrogen-bond acceptors (Lipinski definition) is 6. The minimum atomic E-state index is -1.82. The van der Waals surface area contributed by atoms with Gasteiger partial charge in [0.05, 0.1) is 16.9 Å². The molecule has 1 atom stereocenters. The van der Waals surface area contributed by atoms with Gasteiger partial charge >= 0.3 is 11.9 Å². The lowest BCUT2D eigenvalue weighted by Crippen LogP contribution is -2.18. The van der Waals surface area contributed by atoms with Crippen LogP contribution in [0.2, 0.25) is 0 Å². The second-order valence-electron chi connectivity index (χ2n) is 8.03. The summed E-state index contributed by atoms with van der Waals surface area (Å²) in [4.78, 5) is 23.5. The molecular weight excluding hydrogens is 490 g/mol. The number of nitrogens with one attached hydrogen (secondary N) is 1. The number of para-hydroxylation sites is 1. The van der Waals surface area contributed by atoms with Crippen LogP contribution < -0.4 is 5.32 Å². The first kappa shape index (κ1) is 25.5. The van der Waals surface area contributed by atoms with Gasteiger partial charge in [0.2, 0.25) is 0 Å². The highest BCUT2D eigenvalue weighted by Crippen LogP contribution is 2.28. The summed E-state index contributed by atoms with van der Waals surface area (Å²) >= 11 is 1.72. The fourth-order valence-electron chi connectivity index (χ4n) is 3.60. The molecule has 2 aromatic carbocycles. The number of aromatic nitrogens is 4. The summed E-state index contributed by atoms with van der Waals surface area (Å²) in [5.74, 6) is -3.65. The summed E-state index contributed by atoms with van der Waals surface area (Å²) in [6.07, 6.45) is 7.69. The molecule has 0 saturated heterocycles. The summed E-state index contributed by atoms with van der Waals surface area (Å²) in [5, 5.41) is 25.4. The molecule has 0 spiro atoms. The minimum Gasteiger partial charge on any atom is -0.473 e. The van der Waals surface area contributed by atoms with E-state index in [2.05, 4.69) is 77.3 Å². The van der Waals surface area contributed by atoms with Crippen molar-refractivity contribution in [2.45, 2.75) is 19.5 Å². The Hall–Kier alpha value is -4.54. The monoisotopic (exact) mass is 515 g/mol. The van der Waals surface area contributed by atoms with E-state index in [4.69, 9.17) is 24.9 Å². The van der Waals surface area contributed by atoms with E-state index in [-0.39, 0.29) is 6.04 Å². The smallest absolute Gasteiger partial charge is 0.414 e. The van der Waals surface area contributed by atoms with Crippen molar-refractivity contribution in [3.8, 4) is 21.9 Å². The van der Waals surface area contributed by atoms with Gasteiger partial charge in [-0.15, -0.1) is 11.3 Å². The molecular formula is C27H25N5O4S. The lowest BCUT2D eigenvalue weighted by molar-refractivity contribution is -0.159. The molecule has 0 aliphatic carbocycles. The Bertz CT molecular complexity index is 1420. The number of carbonyl (C=O) groups is 2. The van der Waals surface area contributed by atoms with Gasteiger partial charge in [-0.2, -0.15) is 5.10 Å². The Morgan fingerprint density at radius 3 is 2.30 bits per heavy atom. The maximum Gasteiger partial charge on any atom is 0.414 e. The Morgan fingerprint density at radius 2 is 1.70 bits per heavy atom. The van der Waals surface area contributed by atoms with Crippen LogP contribution in [0.15, 0.2) is 97.0 Å². The molecule has 37 heavy (non-hydrogen) atoms. The summed E-state index contributed by atoms with van der Waals surface area (Å²) in [7, 11) is 0. The van der Waals surface area contributed by atoms with E-state index in [0.717, 1.165) is 23.6 Å². The van der Waals surface area contributed by atoms with Crippen LogP contribution in [0.1, 0.15) is 24.1 Å². The third-order valence-electron chi connectivity index (χ3n) is 5.54. The molecule has 1 unspecified atom stereocenters. The van der Waals surface area contributed by atoms with Crippen molar-refractivity contribution in [3.05, 3.63) is 108 Å². The van der Waals surface area contributed by atoms with Gasteiger partial charge < -0.3 is 20.1 Å². The van der Waals surface area contributed by atoms with Crippen molar-refractivity contribution in [1.82, 2.24) is 24.6 Å². The number of carboxylic acids is 2. The fraction of sp³-hybridized carbons (Fsp3) is 0.111. The zero-order valence-corrected chi connectivity index (χ0v) is 20.7. The van der Waals surface area contributed by atoms with Crippen LogP contribution in [0.25, 0.3) is 21.9 Å². The number of carboxylic acid groups (broad SMARTS) is 2. The van der Waals surface area contributed by atoms with Crippen LogP contribution in [-0.4, -0.2) is 41.5 Å². The number of imidazole rings is 1. The molecule has 10 heteroatoms. The van der Waals surface area contributed by atoms with Gasteiger partial charge in [-0.25, -0.2) is 19.3 Å². The average Bonchev–Trinajstić information content (AvgIpc) is 3.70. The zero-order chi connectivity index (χ0) is 26.2. The number of rotatable bonds is 7. The van der Waals surface area contributed by atoms with Gasteiger partial charge in [0.25, 0.3) is 0 Å². The molecule has 3 heterocycles. The second kappa shape index (κ2) is 11.9. The topological polar surface area (TPSA) is 122 Å². The van der Waals surface area contributed by atoms with E-state index in [1.807, 2.05) is 40.0 Å². The highest BCUT2D eigenvalue weighted by molar-refractivity contribution is 7.13. The van der Waals surface area contributed by atoms with Gasteiger partial charge in [-0.05, 0) is 48.2 Å². The van der Waals surface area contributed by atoms with Crippen molar-refractivity contribution in [2.24, 2.45) is 0 Å². The number of aliphatic carboxylic acids is 2. The zero-order valence-electron chi connectivity index (χ0n) is 19.9. The quantitative estimate of drug-likeness (QED) is 0.266. The molecule has 5 aromatic rings. The standard InChI is InChI=1S/C25H23N5S.C2H2O4/c1-19(20-9-11-22(12-10-20)29-14-13-26-18-29)27-16-21-17-30(23-6-3-2-4-7-23)28-25(21)24-8-5-15-31-24;3-1(4)2(5)6/h2-15,17-19,27H,16H2,1H3;(H,3,4)(H,5,6). The number of benzene rings is 2. The van der Waals surface area contributed by atoms with Crippen LogP contribution in [0, 0.1) is 0 Å². The van der Waals surface area contributed by atoms with E-state index in [1.54, 1.807) is 17.5 Å². The minimum absolute atomic E-state index is 0.216. The van der Waals surface area contributed by atoms with Gasteiger partial charge in [-0.3, -0.25) is 0 Å². The molecule has 0 radical (unpaired) electrons. The van der Waals surface area contributed by atoms with Crippen molar-refractivity contribution in [2.75, 3.05) is 0 Å². The first-order valence-corrected chi connectivity index (χ1v) is 12.3. The van der Waals surface area contributed by atoms with Crippen molar-refractivity contribution in [3.63, 3.8) is 0 Å². The first-order chi connectivity index (χ1) is 17.9. The van der Waals surface area contributed by atoms with Crippen molar-refractivity contribution in [1.29, 1.82) is 0 Å². The van der Waals surface area contributed by atoms with Crippen LogP contribution in [0.3, 0.4) is 0 Å². The lowest BCUT2D eigenvalue weighted by Gasteiger charge is -2.15. The summed E-state index contributed by atoms with van der Waals surface area (Å²) in [6.45, 7) is 2.93. The van der Waals surface area contributed by atoms with Crippen molar-refractivity contribution >= 4 is 23.3 Å². The van der Waals surface area contributed by atoms with E-state index in [1.165, 1.54) is 16.0 Å². The first-order valence-electron chi connectivity index (χ1n) is 11.4. The van der Waals surface area contributed by atoms with E-state index < -0.39 is 11.9 Å². The van der Waals surface area contributed by atoms with Gasteiger partial charge in [0.1, 0.15) is 5.69 Å². The molecule has 0 aliphatic heterocycles. The molecule has 5 rings (SSSR count). The Kier molecular flexibility index (Phi) is 8.24. The molecule has 3 N–H and O–H groups in total.